The van der Waals surface area contributed by atoms with E-state index in [0.29, 0.717) is 17.3 Å². The van der Waals surface area contributed by atoms with Crippen LogP contribution in [0.2, 0.25) is 5.02 Å². The second-order valence-electron chi connectivity index (χ2n) is 7.03. The maximum atomic E-state index is 6.46. The molecule has 1 aliphatic rings. The van der Waals surface area contributed by atoms with Gasteiger partial charge < -0.3 is 5.73 Å². The number of nitrogens with two attached hydrogens (primary N) is 1. The number of aromatic nitrogens is 2. The molecule has 1 heterocycles. The van der Waals surface area contributed by atoms with E-state index in [-0.39, 0.29) is 0 Å². The first-order chi connectivity index (χ1) is 9.38. The van der Waals surface area contributed by atoms with Crippen molar-refractivity contribution in [2.75, 3.05) is 6.54 Å². The van der Waals surface area contributed by atoms with Gasteiger partial charge in [-0.3, -0.25) is 4.68 Å². The van der Waals surface area contributed by atoms with E-state index in [2.05, 4.69) is 30.6 Å². The van der Waals surface area contributed by atoms with Crippen molar-refractivity contribution in [3.8, 4) is 0 Å². The van der Waals surface area contributed by atoms with Gasteiger partial charge in [-0.25, -0.2) is 0 Å². The van der Waals surface area contributed by atoms with Crippen molar-refractivity contribution in [3.63, 3.8) is 0 Å². The molecule has 0 spiro atoms. The normalized spacial score (nSPS) is 25.9. The Balaban J connectivity index is 2.22. The second kappa shape index (κ2) is 6.07. The molecule has 1 fully saturated rings. The van der Waals surface area contributed by atoms with Gasteiger partial charge in [-0.1, -0.05) is 25.4 Å². The Hall–Kier alpha value is -0.540. The highest BCUT2D eigenvalue weighted by Crippen LogP contribution is 2.43. The van der Waals surface area contributed by atoms with E-state index in [9.17, 15) is 0 Å². The van der Waals surface area contributed by atoms with Crippen LogP contribution in [0, 0.1) is 24.2 Å². The minimum absolute atomic E-state index is 0.426. The smallest absolute Gasteiger partial charge is 0.0847 e. The first-order valence-electron chi connectivity index (χ1n) is 7.79. The Labute approximate surface area is 127 Å². The SMILES string of the molecule is CCn1nc(C)c(Cl)c1CC1CC(C)(C)CCC1CN. The van der Waals surface area contributed by atoms with Gasteiger partial charge in [0.25, 0.3) is 0 Å². The van der Waals surface area contributed by atoms with Crippen LogP contribution in [-0.4, -0.2) is 16.3 Å². The third-order valence-corrected chi connectivity index (χ3v) is 5.38. The van der Waals surface area contributed by atoms with Crippen LogP contribution in [0.3, 0.4) is 0 Å². The molecular weight excluding hydrogens is 270 g/mol. The van der Waals surface area contributed by atoms with Crippen molar-refractivity contribution in [3.05, 3.63) is 16.4 Å². The van der Waals surface area contributed by atoms with Crippen molar-refractivity contribution in [2.45, 2.75) is 59.9 Å². The number of hydrogen-bond acceptors (Lipinski definition) is 2. The highest BCUT2D eigenvalue weighted by atomic mass is 35.5. The Bertz CT molecular complexity index is 465. The number of aryl methyl sites for hydroxylation is 2. The van der Waals surface area contributed by atoms with Gasteiger partial charge in [0.05, 0.1) is 16.4 Å². The van der Waals surface area contributed by atoms with E-state index in [4.69, 9.17) is 17.3 Å². The van der Waals surface area contributed by atoms with Gasteiger partial charge >= 0.3 is 0 Å². The molecule has 2 rings (SSSR count). The topological polar surface area (TPSA) is 43.8 Å². The van der Waals surface area contributed by atoms with Crippen molar-refractivity contribution < 1.29 is 0 Å². The molecule has 114 valence electrons. The lowest BCUT2D eigenvalue weighted by molar-refractivity contribution is 0.120. The van der Waals surface area contributed by atoms with Gasteiger partial charge in [0.2, 0.25) is 0 Å². The molecule has 1 aromatic heterocycles. The zero-order chi connectivity index (χ0) is 14.9. The number of rotatable bonds is 4. The van der Waals surface area contributed by atoms with Gasteiger partial charge in [0, 0.05) is 6.54 Å². The minimum atomic E-state index is 0.426. The summed E-state index contributed by atoms with van der Waals surface area (Å²) in [7, 11) is 0. The minimum Gasteiger partial charge on any atom is -0.330 e. The van der Waals surface area contributed by atoms with Crippen LogP contribution in [0.25, 0.3) is 0 Å². The van der Waals surface area contributed by atoms with Crippen LogP contribution in [0.15, 0.2) is 0 Å². The molecule has 0 bridgehead atoms. The van der Waals surface area contributed by atoms with E-state index in [1.165, 1.54) is 25.0 Å². The third-order valence-electron chi connectivity index (χ3n) is 4.88. The summed E-state index contributed by atoms with van der Waals surface area (Å²) < 4.78 is 2.06. The van der Waals surface area contributed by atoms with Crippen molar-refractivity contribution >= 4 is 11.6 Å². The Morgan fingerprint density at radius 1 is 1.40 bits per heavy atom. The monoisotopic (exact) mass is 297 g/mol. The van der Waals surface area contributed by atoms with Gasteiger partial charge in [0.1, 0.15) is 0 Å². The number of hydrogen-bond donors (Lipinski definition) is 1. The van der Waals surface area contributed by atoms with Crippen LogP contribution in [0.5, 0.6) is 0 Å². The first kappa shape index (κ1) is 15.8. The average Bonchev–Trinajstić information content (AvgIpc) is 2.66. The summed E-state index contributed by atoms with van der Waals surface area (Å²) in [4.78, 5) is 0. The van der Waals surface area contributed by atoms with E-state index < -0.39 is 0 Å². The summed E-state index contributed by atoms with van der Waals surface area (Å²) in [5.41, 5.74) is 8.57. The molecule has 0 aliphatic heterocycles. The zero-order valence-corrected chi connectivity index (χ0v) is 14.0. The zero-order valence-electron chi connectivity index (χ0n) is 13.2. The summed E-state index contributed by atoms with van der Waals surface area (Å²) in [6.07, 6.45) is 4.77. The Morgan fingerprint density at radius 3 is 2.70 bits per heavy atom. The van der Waals surface area contributed by atoms with Gasteiger partial charge in [-0.05, 0) is 63.3 Å². The van der Waals surface area contributed by atoms with Crippen molar-refractivity contribution in [2.24, 2.45) is 23.0 Å². The molecule has 2 atom stereocenters. The summed E-state index contributed by atoms with van der Waals surface area (Å²) >= 11 is 6.46. The molecule has 1 aromatic rings. The average molecular weight is 298 g/mol. The van der Waals surface area contributed by atoms with Gasteiger partial charge in [-0.15, -0.1) is 0 Å². The van der Waals surface area contributed by atoms with E-state index in [0.717, 1.165) is 30.2 Å². The molecule has 0 aromatic carbocycles. The molecule has 2 N–H and O–H groups in total. The van der Waals surface area contributed by atoms with Crippen molar-refractivity contribution in [1.29, 1.82) is 0 Å². The van der Waals surface area contributed by atoms with E-state index in [1.54, 1.807) is 0 Å². The molecule has 0 amide bonds. The summed E-state index contributed by atoms with van der Waals surface area (Å²) in [5.74, 6) is 1.25. The van der Waals surface area contributed by atoms with Crippen LogP contribution in [0.4, 0.5) is 0 Å². The molecular formula is C16H28ClN3. The van der Waals surface area contributed by atoms with E-state index >= 15 is 0 Å². The first-order valence-corrected chi connectivity index (χ1v) is 8.17. The fraction of sp³-hybridized carbons (Fsp3) is 0.812. The number of nitrogens with zero attached hydrogens (tertiary/aromatic N) is 2. The molecule has 3 nitrogen and oxygen atoms in total. The lowest BCUT2D eigenvalue weighted by atomic mass is 9.66. The predicted octanol–water partition coefficient (Wildman–Crippen LogP) is 3.81. The molecule has 2 unspecified atom stereocenters. The highest BCUT2D eigenvalue weighted by molar-refractivity contribution is 6.31. The van der Waals surface area contributed by atoms with Crippen LogP contribution in [0.1, 0.15) is 51.4 Å². The molecule has 1 aliphatic carbocycles. The quantitative estimate of drug-likeness (QED) is 0.918. The fourth-order valence-corrected chi connectivity index (χ4v) is 3.86. The van der Waals surface area contributed by atoms with Gasteiger partial charge in [-0.2, -0.15) is 5.10 Å². The maximum absolute atomic E-state index is 6.46. The van der Waals surface area contributed by atoms with Crippen LogP contribution in [-0.2, 0) is 13.0 Å². The Morgan fingerprint density at radius 2 is 2.10 bits per heavy atom. The van der Waals surface area contributed by atoms with Crippen molar-refractivity contribution in [1.82, 2.24) is 9.78 Å². The Kier molecular flexibility index (Phi) is 4.80. The summed E-state index contributed by atoms with van der Waals surface area (Å²) in [6, 6.07) is 0. The second-order valence-corrected chi connectivity index (χ2v) is 7.41. The third kappa shape index (κ3) is 3.20. The lowest BCUT2D eigenvalue weighted by Gasteiger charge is -2.40. The fourth-order valence-electron chi connectivity index (χ4n) is 3.65. The largest absolute Gasteiger partial charge is 0.330 e. The molecule has 0 radical (unpaired) electrons. The summed E-state index contributed by atoms with van der Waals surface area (Å²) in [6.45, 7) is 10.5. The number of halogens is 1. The maximum Gasteiger partial charge on any atom is 0.0847 e. The standard InChI is InChI=1S/C16H28ClN3/c1-5-20-14(15(17)11(2)19-20)8-13-9-16(3,4)7-6-12(13)10-18/h12-13H,5-10,18H2,1-4H3. The lowest BCUT2D eigenvalue weighted by Crippen LogP contribution is -2.35. The highest BCUT2D eigenvalue weighted by Gasteiger charge is 2.35. The molecule has 1 saturated carbocycles. The molecule has 0 saturated heterocycles. The summed E-state index contributed by atoms with van der Waals surface area (Å²) in [5, 5.41) is 5.39. The molecule has 20 heavy (non-hydrogen) atoms. The van der Waals surface area contributed by atoms with Crippen LogP contribution >= 0.6 is 11.6 Å². The van der Waals surface area contributed by atoms with Gasteiger partial charge in [0.15, 0.2) is 0 Å². The molecule has 4 heteroatoms. The predicted molar refractivity (Wildman–Crippen MR) is 85.0 cm³/mol. The van der Waals surface area contributed by atoms with Crippen LogP contribution < -0.4 is 5.73 Å². The van der Waals surface area contributed by atoms with E-state index in [1.807, 2.05) is 6.92 Å².